The number of fused-ring (bicyclic) bond motifs is 2. The van der Waals surface area contributed by atoms with Crippen LogP contribution in [0.2, 0.25) is 0 Å². The van der Waals surface area contributed by atoms with Crippen LogP contribution < -0.4 is 15.4 Å². The lowest BCUT2D eigenvalue weighted by Gasteiger charge is -2.21. The number of nitrogens with one attached hydrogen (secondary N) is 2. The van der Waals surface area contributed by atoms with E-state index < -0.39 is 0 Å². The van der Waals surface area contributed by atoms with E-state index in [1.54, 1.807) is 24.3 Å². The Morgan fingerprint density at radius 3 is 2.68 bits per heavy atom. The Bertz CT molecular complexity index is 799. The third-order valence-corrected chi connectivity index (χ3v) is 4.74. The number of Topliss-reactive ketones (excluding diaryl/α,β-unsaturated/α-hetero) is 1. The summed E-state index contributed by atoms with van der Waals surface area (Å²) >= 11 is 0. The molecule has 0 saturated carbocycles. The lowest BCUT2D eigenvalue weighted by atomic mass is 9.95. The van der Waals surface area contributed by atoms with Crippen molar-refractivity contribution in [3.63, 3.8) is 0 Å². The second-order valence-corrected chi connectivity index (χ2v) is 6.53. The standard InChI is InChI=1S/C18H19N3O4/c1-10(22)18-19-9-16(25-18)24-13-5-2-11(3-6-13)17(23)21-15-8-12-4-7-14(15)20-12/h2-3,5-6,9,12,14-15,20H,4,7-8H2,1H3,(H,21,23)/t12-,14+,15-/m1/s1. The van der Waals surface area contributed by atoms with Gasteiger partial charge in [0.25, 0.3) is 11.8 Å². The zero-order valence-electron chi connectivity index (χ0n) is 13.8. The number of ketones is 1. The molecule has 3 heterocycles. The van der Waals surface area contributed by atoms with Crippen molar-refractivity contribution in [2.24, 2.45) is 0 Å². The van der Waals surface area contributed by atoms with Gasteiger partial charge >= 0.3 is 5.95 Å². The zero-order valence-corrected chi connectivity index (χ0v) is 13.8. The van der Waals surface area contributed by atoms with Gasteiger partial charge in [0.05, 0.1) is 0 Å². The molecule has 4 rings (SSSR count). The summed E-state index contributed by atoms with van der Waals surface area (Å²) in [6.07, 6.45) is 4.68. The highest BCUT2D eigenvalue weighted by Gasteiger charge is 2.39. The van der Waals surface area contributed by atoms with E-state index in [1.807, 2.05) is 0 Å². The number of rotatable bonds is 5. The second kappa shape index (κ2) is 6.33. The predicted octanol–water partition coefficient (Wildman–Crippen LogP) is 2.29. The highest BCUT2D eigenvalue weighted by molar-refractivity contribution is 5.94. The summed E-state index contributed by atoms with van der Waals surface area (Å²) in [5, 5.41) is 6.61. The number of hydrogen-bond acceptors (Lipinski definition) is 6. The smallest absolute Gasteiger partial charge is 0.311 e. The van der Waals surface area contributed by atoms with Gasteiger partial charge in [-0.2, -0.15) is 0 Å². The fraction of sp³-hybridized carbons (Fsp3) is 0.389. The molecule has 2 bridgehead atoms. The van der Waals surface area contributed by atoms with E-state index in [0.29, 0.717) is 23.4 Å². The lowest BCUT2D eigenvalue weighted by molar-refractivity contribution is 0.0929. The molecule has 7 heteroatoms. The summed E-state index contributed by atoms with van der Waals surface area (Å²) in [6, 6.07) is 7.93. The molecule has 130 valence electrons. The van der Waals surface area contributed by atoms with E-state index >= 15 is 0 Å². The number of carbonyl (C=O) groups excluding carboxylic acids is 2. The number of carbonyl (C=O) groups is 2. The van der Waals surface area contributed by atoms with Crippen molar-refractivity contribution in [3.8, 4) is 11.7 Å². The molecule has 7 nitrogen and oxygen atoms in total. The molecule has 2 N–H and O–H groups in total. The first-order chi connectivity index (χ1) is 12.1. The van der Waals surface area contributed by atoms with E-state index in [1.165, 1.54) is 19.5 Å². The van der Waals surface area contributed by atoms with E-state index in [2.05, 4.69) is 15.6 Å². The summed E-state index contributed by atoms with van der Waals surface area (Å²) in [5.74, 6) is 0.298. The fourth-order valence-corrected chi connectivity index (χ4v) is 3.50. The molecule has 1 aromatic heterocycles. The first kappa shape index (κ1) is 15.8. The normalized spacial score (nSPS) is 24.3. The first-order valence-corrected chi connectivity index (χ1v) is 8.40. The van der Waals surface area contributed by atoms with Gasteiger partial charge in [-0.1, -0.05) is 0 Å². The number of oxazole rings is 1. The zero-order chi connectivity index (χ0) is 17.4. The van der Waals surface area contributed by atoms with Crippen LogP contribution in [0, 0.1) is 0 Å². The Balaban J connectivity index is 1.37. The molecule has 0 spiro atoms. The maximum atomic E-state index is 12.4. The summed E-state index contributed by atoms with van der Waals surface area (Å²) in [7, 11) is 0. The molecular formula is C18H19N3O4. The van der Waals surface area contributed by atoms with Crippen LogP contribution in [-0.4, -0.2) is 34.8 Å². The third-order valence-electron chi connectivity index (χ3n) is 4.74. The minimum Gasteiger partial charge on any atom is -0.425 e. The van der Waals surface area contributed by atoms with Gasteiger partial charge in [0, 0.05) is 30.6 Å². The molecule has 1 amide bonds. The molecule has 2 aliphatic heterocycles. The third kappa shape index (κ3) is 3.28. The van der Waals surface area contributed by atoms with Gasteiger partial charge in [-0.3, -0.25) is 9.59 Å². The molecule has 0 radical (unpaired) electrons. The average Bonchev–Trinajstić information content (AvgIpc) is 3.32. The van der Waals surface area contributed by atoms with Crippen LogP contribution in [0.25, 0.3) is 0 Å². The Kier molecular flexibility index (Phi) is 4.01. The average molecular weight is 341 g/mol. The van der Waals surface area contributed by atoms with Gasteiger partial charge < -0.3 is 19.8 Å². The summed E-state index contributed by atoms with van der Waals surface area (Å²) in [5.41, 5.74) is 0.581. The number of amides is 1. The Labute approximate surface area is 144 Å². The fourth-order valence-electron chi connectivity index (χ4n) is 3.50. The van der Waals surface area contributed by atoms with Crippen molar-refractivity contribution in [2.45, 2.75) is 44.3 Å². The van der Waals surface area contributed by atoms with Crippen LogP contribution >= 0.6 is 0 Å². The van der Waals surface area contributed by atoms with E-state index in [-0.39, 0.29) is 29.6 Å². The minimum absolute atomic E-state index is 0.00506. The van der Waals surface area contributed by atoms with Crippen LogP contribution in [0.15, 0.2) is 34.9 Å². The molecule has 0 aliphatic carbocycles. The maximum Gasteiger partial charge on any atom is 0.311 e. The van der Waals surface area contributed by atoms with Gasteiger partial charge in [0.2, 0.25) is 5.78 Å². The number of benzene rings is 1. The van der Waals surface area contributed by atoms with Crippen LogP contribution in [0.3, 0.4) is 0 Å². The molecule has 3 atom stereocenters. The van der Waals surface area contributed by atoms with Gasteiger partial charge in [-0.15, -0.1) is 0 Å². The largest absolute Gasteiger partial charge is 0.425 e. The predicted molar refractivity (Wildman–Crippen MR) is 88.8 cm³/mol. The molecule has 2 aromatic rings. The Hall–Kier alpha value is -2.67. The van der Waals surface area contributed by atoms with Gasteiger partial charge in [-0.05, 0) is 43.5 Å². The number of nitrogens with zero attached hydrogens (tertiary/aromatic N) is 1. The van der Waals surface area contributed by atoms with Crippen LogP contribution in [0.4, 0.5) is 0 Å². The van der Waals surface area contributed by atoms with Crippen molar-refractivity contribution in [2.75, 3.05) is 0 Å². The van der Waals surface area contributed by atoms with Gasteiger partial charge in [0.15, 0.2) is 0 Å². The molecule has 25 heavy (non-hydrogen) atoms. The molecule has 1 aromatic carbocycles. The van der Waals surface area contributed by atoms with Gasteiger partial charge in [-0.25, -0.2) is 4.98 Å². The Morgan fingerprint density at radius 1 is 1.28 bits per heavy atom. The van der Waals surface area contributed by atoms with Crippen molar-refractivity contribution in [3.05, 3.63) is 41.9 Å². The molecule has 2 aliphatic rings. The second-order valence-electron chi connectivity index (χ2n) is 6.53. The van der Waals surface area contributed by atoms with Crippen molar-refractivity contribution >= 4 is 11.7 Å². The maximum absolute atomic E-state index is 12.4. The van der Waals surface area contributed by atoms with Crippen LogP contribution in [-0.2, 0) is 0 Å². The quantitative estimate of drug-likeness (QED) is 0.811. The van der Waals surface area contributed by atoms with Crippen molar-refractivity contribution in [1.29, 1.82) is 0 Å². The number of hydrogen-bond donors (Lipinski definition) is 2. The highest BCUT2D eigenvalue weighted by Crippen LogP contribution is 2.28. The number of aromatic nitrogens is 1. The molecule has 2 saturated heterocycles. The van der Waals surface area contributed by atoms with Crippen molar-refractivity contribution < 1.29 is 18.7 Å². The SMILES string of the molecule is CC(=O)c1ncc(Oc2ccc(C(=O)N[C@@H]3C[C@H]4CC[C@@H]3N4)cc2)o1. The molecular weight excluding hydrogens is 322 g/mol. The minimum atomic E-state index is -0.267. The van der Waals surface area contributed by atoms with Crippen molar-refractivity contribution in [1.82, 2.24) is 15.6 Å². The monoisotopic (exact) mass is 341 g/mol. The first-order valence-electron chi connectivity index (χ1n) is 8.40. The van der Waals surface area contributed by atoms with Crippen LogP contribution in [0.1, 0.15) is 47.2 Å². The number of ether oxygens (including phenoxy) is 1. The molecule has 0 unspecified atom stereocenters. The summed E-state index contributed by atoms with van der Waals surface area (Å²) in [6.45, 7) is 1.37. The van der Waals surface area contributed by atoms with E-state index in [9.17, 15) is 9.59 Å². The van der Waals surface area contributed by atoms with Gasteiger partial charge in [0.1, 0.15) is 11.9 Å². The summed E-state index contributed by atoms with van der Waals surface area (Å²) in [4.78, 5) is 27.4. The summed E-state index contributed by atoms with van der Waals surface area (Å²) < 4.78 is 10.7. The van der Waals surface area contributed by atoms with E-state index in [0.717, 1.165) is 12.8 Å². The van der Waals surface area contributed by atoms with Crippen LogP contribution in [0.5, 0.6) is 11.7 Å². The highest BCUT2D eigenvalue weighted by atomic mass is 16.6. The van der Waals surface area contributed by atoms with E-state index in [4.69, 9.17) is 9.15 Å². The Morgan fingerprint density at radius 2 is 2.08 bits per heavy atom. The molecule has 2 fully saturated rings. The topological polar surface area (TPSA) is 93.5 Å². The lowest BCUT2D eigenvalue weighted by Crippen LogP contribution is -2.42.